The van der Waals surface area contributed by atoms with Gasteiger partial charge in [-0.25, -0.2) is 0 Å². The summed E-state index contributed by atoms with van der Waals surface area (Å²) in [6.45, 7) is 5.19. The molecule has 0 aliphatic rings. The zero-order valence-corrected chi connectivity index (χ0v) is 13.3. The van der Waals surface area contributed by atoms with E-state index in [1.807, 2.05) is 24.3 Å². The molecule has 4 nitrogen and oxygen atoms in total. The maximum absolute atomic E-state index is 11.9. The number of carbonyl (C=O) groups is 1. The molecule has 0 aliphatic heterocycles. The Kier molecular flexibility index (Phi) is 5.36. The summed E-state index contributed by atoms with van der Waals surface area (Å²) >= 11 is 1.76. The maximum atomic E-state index is 11.9. The van der Waals surface area contributed by atoms with Crippen molar-refractivity contribution >= 4 is 22.9 Å². The molecule has 0 aliphatic carbocycles. The monoisotopic (exact) mass is 304 g/mol. The van der Waals surface area contributed by atoms with Crippen LogP contribution in [-0.4, -0.2) is 19.6 Å². The largest absolute Gasteiger partial charge is 0.495 e. The van der Waals surface area contributed by atoms with Gasteiger partial charge < -0.3 is 15.4 Å². The number of ether oxygens (including phenoxy) is 1. The van der Waals surface area contributed by atoms with E-state index >= 15 is 0 Å². The summed E-state index contributed by atoms with van der Waals surface area (Å²) in [6.07, 6.45) is 0. The smallest absolute Gasteiger partial charge is 0.238 e. The van der Waals surface area contributed by atoms with Gasteiger partial charge in [0.05, 0.1) is 19.3 Å². The Labute approximate surface area is 129 Å². The highest BCUT2D eigenvalue weighted by Crippen LogP contribution is 2.23. The van der Waals surface area contributed by atoms with Gasteiger partial charge >= 0.3 is 0 Å². The number of thiophene rings is 1. The van der Waals surface area contributed by atoms with E-state index in [9.17, 15) is 4.79 Å². The average Bonchev–Trinajstić information content (AvgIpc) is 2.78. The first-order valence-corrected chi connectivity index (χ1v) is 7.61. The van der Waals surface area contributed by atoms with Gasteiger partial charge in [0.15, 0.2) is 0 Å². The van der Waals surface area contributed by atoms with E-state index in [-0.39, 0.29) is 12.5 Å². The molecule has 1 amide bonds. The molecule has 0 fully saturated rings. The number of amides is 1. The summed E-state index contributed by atoms with van der Waals surface area (Å²) in [5.41, 5.74) is 1.99. The van der Waals surface area contributed by atoms with Crippen molar-refractivity contribution in [3.63, 3.8) is 0 Å². The molecule has 0 bridgehead atoms. The summed E-state index contributed by atoms with van der Waals surface area (Å²) in [7, 11) is 1.59. The van der Waals surface area contributed by atoms with E-state index < -0.39 is 0 Å². The van der Waals surface area contributed by atoms with Crippen LogP contribution in [0.4, 0.5) is 5.69 Å². The lowest BCUT2D eigenvalue weighted by atomic mass is 10.3. The molecule has 0 radical (unpaired) electrons. The number of para-hydroxylation sites is 2. The molecule has 0 unspecified atom stereocenters. The molecule has 2 aromatic rings. The highest BCUT2D eigenvalue weighted by molar-refractivity contribution is 7.12. The quantitative estimate of drug-likeness (QED) is 0.862. The zero-order valence-electron chi connectivity index (χ0n) is 12.5. The van der Waals surface area contributed by atoms with Crippen molar-refractivity contribution in [1.82, 2.24) is 5.32 Å². The van der Waals surface area contributed by atoms with Crippen LogP contribution in [0, 0.1) is 13.8 Å². The number of benzene rings is 1. The second-order valence-corrected chi connectivity index (χ2v) is 6.14. The molecule has 0 spiro atoms. The van der Waals surface area contributed by atoms with Crippen molar-refractivity contribution in [2.75, 3.05) is 19.0 Å². The van der Waals surface area contributed by atoms with E-state index in [1.54, 1.807) is 18.4 Å². The third-order valence-corrected chi connectivity index (χ3v) is 4.34. The highest BCUT2D eigenvalue weighted by Gasteiger charge is 2.07. The van der Waals surface area contributed by atoms with Crippen molar-refractivity contribution < 1.29 is 9.53 Å². The number of anilines is 1. The van der Waals surface area contributed by atoms with E-state index in [4.69, 9.17) is 4.74 Å². The van der Waals surface area contributed by atoms with Crippen molar-refractivity contribution in [3.05, 3.63) is 45.6 Å². The second-order valence-electron chi connectivity index (χ2n) is 4.80. The minimum atomic E-state index is -0.0792. The van der Waals surface area contributed by atoms with Gasteiger partial charge in [0.2, 0.25) is 5.91 Å². The Morgan fingerprint density at radius 2 is 2.05 bits per heavy atom. The third kappa shape index (κ3) is 4.31. The van der Waals surface area contributed by atoms with E-state index in [0.29, 0.717) is 18.0 Å². The molecule has 0 saturated heterocycles. The average molecular weight is 304 g/mol. The molecule has 0 atom stereocenters. The number of hydrogen-bond donors (Lipinski definition) is 2. The summed E-state index contributed by atoms with van der Waals surface area (Å²) < 4.78 is 5.20. The fraction of sp³-hybridized carbons (Fsp3) is 0.312. The molecule has 5 heteroatoms. The fourth-order valence-electron chi connectivity index (χ4n) is 1.98. The number of carbonyl (C=O) groups excluding carboxylic acids is 1. The van der Waals surface area contributed by atoms with Crippen molar-refractivity contribution in [2.24, 2.45) is 0 Å². The molecular weight excluding hydrogens is 284 g/mol. The van der Waals surface area contributed by atoms with Crippen LogP contribution >= 0.6 is 11.3 Å². The van der Waals surface area contributed by atoms with Gasteiger partial charge in [-0.15, -0.1) is 11.3 Å². The standard InChI is InChI=1S/C16H20N2O2S/c1-11-8-13(21-12(11)2)9-17-10-16(19)18-14-6-4-5-7-15(14)20-3/h4-8,17H,9-10H2,1-3H3,(H,18,19). The minimum absolute atomic E-state index is 0.0792. The SMILES string of the molecule is COc1ccccc1NC(=O)CNCc1cc(C)c(C)s1. The predicted octanol–water partition coefficient (Wildman–Crippen LogP) is 3.10. The Morgan fingerprint density at radius 1 is 1.29 bits per heavy atom. The van der Waals surface area contributed by atoms with Gasteiger partial charge in [0.25, 0.3) is 0 Å². The van der Waals surface area contributed by atoms with Crippen LogP contribution in [0.15, 0.2) is 30.3 Å². The summed E-state index contributed by atoms with van der Waals surface area (Å²) in [5.74, 6) is 0.583. The van der Waals surface area contributed by atoms with Crippen LogP contribution < -0.4 is 15.4 Å². The number of methoxy groups -OCH3 is 1. The topological polar surface area (TPSA) is 50.4 Å². The van der Waals surface area contributed by atoms with Gasteiger partial charge in [-0.3, -0.25) is 4.79 Å². The first-order chi connectivity index (χ1) is 10.1. The predicted molar refractivity (Wildman–Crippen MR) is 87.1 cm³/mol. The highest BCUT2D eigenvalue weighted by atomic mass is 32.1. The van der Waals surface area contributed by atoms with Crippen LogP contribution in [0.5, 0.6) is 5.75 Å². The first-order valence-electron chi connectivity index (χ1n) is 6.79. The lowest BCUT2D eigenvalue weighted by molar-refractivity contribution is -0.115. The van der Waals surface area contributed by atoms with Gasteiger partial charge in [-0.1, -0.05) is 12.1 Å². The van der Waals surface area contributed by atoms with Crippen LogP contribution in [0.25, 0.3) is 0 Å². The molecule has 2 N–H and O–H groups in total. The Hall–Kier alpha value is -1.85. The van der Waals surface area contributed by atoms with Crippen LogP contribution in [0.1, 0.15) is 15.3 Å². The Balaban J connectivity index is 1.82. The van der Waals surface area contributed by atoms with Gasteiger partial charge in [-0.2, -0.15) is 0 Å². The summed E-state index contributed by atoms with van der Waals surface area (Å²) in [5, 5.41) is 6.00. The van der Waals surface area contributed by atoms with Gasteiger partial charge in [0.1, 0.15) is 5.75 Å². The molecular formula is C16H20N2O2S. The van der Waals surface area contributed by atoms with E-state index in [2.05, 4.69) is 30.5 Å². The molecule has 21 heavy (non-hydrogen) atoms. The number of aryl methyl sites for hydroxylation is 2. The summed E-state index contributed by atoms with van der Waals surface area (Å²) in [6, 6.07) is 9.53. The van der Waals surface area contributed by atoms with Crippen LogP contribution in [0.3, 0.4) is 0 Å². The molecule has 0 saturated carbocycles. The second kappa shape index (κ2) is 7.24. The number of rotatable bonds is 6. The first kappa shape index (κ1) is 15.5. The van der Waals surface area contributed by atoms with Crippen molar-refractivity contribution in [2.45, 2.75) is 20.4 Å². The van der Waals surface area contributed by atoms with E-state index in [1.165, 1.54) is 15.3 Å². The molecule has 1 heterocycles. The Morgan fingerprint density at radius 3 is 2.71 bits per heavy atom. The lowest BCUT2D eigenvalue weighted by Gasteiger charge is -2.10. The van der Waals surface area contributed by atoms with Crippen molar-refractivity contribution in [1.29, 1.82) is 0 Å². The summed E-state index contributed by atoms with van der Waals surface area (Å²) in [4.78, 5) is 14.5. The normalized spacial score (nSPS) is 10.4. The molecule has 2 rings (SSSR count). The van der Waals surface area contributed by atoms with Crippen molar-refractivity contribution in [3.8, 4) is 5.75 Å². The number of hydrogen-bond acceptors (Lipinski definition) is 4. The minimum Gasteiger partial charge on any atom is -0.495 e. The zero-order chi connectivity index (χ0) is 15.2. The fourth-order valence-corrected chi connectivity index (χ4v) is 3.00. The maximum Gasteiger partial charge on any atom is 0.238 e. The third-order valence-electron chi connectivity index (χ3n) is 3.18. The van der Waals surface area contributed by atoms with Crippen LogP contribution in [-0.2, 0) is 11.3 Å². The molecule has 1 aromatic carbocycles. The molecule has 1 aromatic heterocycles. The Bertz CT molecular complexity index is 603. The van der Waals surface area contributed by atoms with Gasteiger partial charge in [-0.05, 0) is 37.6 Å². The van der Waals surface area contributed by atoms with Crippen LogP contribution in [0.2, 0.25) is 0 Å². The van der Waals surface area contributed by atoms with Gasteiger partial charge in [0, 0.05) is 16.3 Å². The van der Waals surface area contributed by atoms with E-state index in [0.717, 1.165) is 0 Å². The lowest BCUT2D eigenvalue weighted by Crippen LogP contribution is -2.27. The number of nitrogens with one attached hydrogen (secondary N) is 2. The molecule has 112 valence electrons.